The number of carbonyl (C=O) groups excluding carboxylic acids is 1. The molecule has 3 aromatic rings. The molecule has 0 radical (unpaired) electrons. The van der Waals surface area contributed by atoms with Crippen molar-refractivity contribution in [1.29, 1.82) is 0 Å². The molecule has 0 aliphatic carbocycles. The Balaban J connectivity index is 1.61. The third-order valence-electron chi connectivity index (χ3n) is 4.74. The number of quaternary nitrogens is 1. The molecule has 2 heterocycles. The zero-order valence-electron chi connectivity index (χ0n) is 14.9. The highest BCUT2D eigenvalue weighted by molar-refractivity contribution is 7.22. The zero-order valence-corrected chi connectivity index (χ0v) is 16.4. The molecule has 0 bridgehead atoms. The van der Waals surface area contributed by atoms with E-state index in [1.807, 2.05) is 24.3 Å². The van der Waals surface area contributed by atoms with Gasteiger partial charge >= 0.3 is 0 Å². The summed E-state index contributed by atoms with van der Waals surface area (Å²) in [5, 5.41) is 1.36. The Hall–Kier alpha value is -1.99. The lowest BCUT2D eigenvalue weighted by molar-refractivity contribution is -0.906. The number of thiazole rings is 1. The Kier molecular flexibility index (Phi) is 5.69. The van der Waals surface area contributed by atoms with Crippen molar-refractivity contribution in [3.8, 4) is 0 Å². The number of rotatable bonds is 5. The first-order valence-electron chi connectivity index (χ1n) is 9.05. The Morgan fingerprint density at radius 2 is 1.89 bits per heavy atom. The molecule has 7 heteroatoms. The number of aromatic nitrogens is 1. The number of para-hydroxylation sites is 1. The predicted octanol–water partition coefficient (Wildman–Crippen LogP) is 2.51. The van der Waals surface area contributed by atoms with Crippen molar-refractivity contribution in [1.82, 2.24) is 4.98 Å². The van der Waals surface area contributed by atoms with Gasteiger partial charge < -0.3 is 9.64 Å². The van der Waals surface area contributed by atoms with Gasteiger partial charge in [-0.3, -0.25) is 9.69 Å². The van der Waals surface area contributed by atoms with Crippen LogP contribution in [0.1, 0.15) is 10.4 Å². The van der Waals surface area contributed by atoms with Crippen LogP contribution < -0.4 is 9.80 Å². The zero-order chi connectivity index (χ0) is 18.6. The number of halogens is 1. The summed E-state index contributed by atoms with van der Waals surface area (Å²) in [6.45, 7) is 5.00. The normalized spacial score (nSPS) is 15.1. The molecule has 2 aromatic carbocycles. The number of morpholine rings is 1. The van der Waals surface area contributed by atoms with Gasteiger partial charge in [-0.05, 0) is 36.4 Å². The fourth-order valence-corrected chi connectivity index (χ4v) is 4.30. The van der Waals surface area contributed by atoms with E-state index in [4.69, 9.17) is 21.3 Å². The van der Waals surface area contributed by atoms with Crippen molar-refractivity contribution in [2.45, 2.75) is 0 Å². The number of ether oxygens (including phenoxy) is 1. The molecular formula is C20H21ClN3O2S+. The number of fused-ring (bicyclic) bond motifs is 1. The first kappa shape index (κ1) is 18.4. The third kappa shape index (κ3) is 4.30. The van der Waals surface area contributed by atoms with Crippen LogP contribution in [0.4, 0.5) is 5.13 Å². The molecule has 27 heavy (non-hydrogen) atoms. The van der Waals surface area contributed by atoms with Gasteiger partial charge in [-0.1, -0.05) is 35.1 Å². The van der Waals surface area contributed by atoms with Gasteiger partial charge in [0.05, 0.1) is 36.5 Å². The minimum atomic E-state index is -0.0432. The summed E-state index contributed by atoms with van der Waals surface area (Å²) in [5.74, 6) is -0.0432. The molecule has 1 fully saturated rings. The highest BCUT2D eigenvalue weighted by atomic mass is 35.5. The van der Waals surface area contributed by atoms with E-state index in [0.29, 0.717) is 17.1 Å². The molecule has 1 amide bonds. The lowest BCUT2D eigenvalue weighted by atomic mass is 10.2. The fourth-order valence-electron chi connectivity index (χ4n) is 3.19. The Labute approximate surface area is 167 Å². The molecular weight excluding hydrogens is 382 g/mol. The number of nitrogens with zero attached hydrogens (tertiary/aromatic N) is 2. The minimum Gasteiger partial charge on any atom is -0.370 e. The van der Waals surface area contributed by atoms with Crippen LogP contribution in [-0.4, -0.2) is 50.3 Å². The summed E-state index contributed by atoms with van der Waals surface area (Å²) in [7, 11) is 0. The number of anilines is 1. The van der Waals surface area contributed by atoms with E-state index < -0.39 is 0 Å². The monoisotopic (exact) mass is 402 g/mol. The van der Waals surface area contributed by atoms with Crippen molar-refractivity contribution in [3.63, 3.8) is 0 Å². The SMILES string of the molecule is O=C(c1ccc(Cl)cc1)N(CC[NH+]1CCOCC1)c1nc2ccccc2s1. The summed E-state index contributed by atoms with van der Waals surface area (Å²) in [4.78, 5) is 21.2. The van der Waals surface area contributed by atoms with E-state index in [1.165, 1.54) is 4.90 Å². The highest BCUT2D eigenvalue weighted by Gasteiger charge is 2.24. The standard InChI is InChI=1S/C20H20ClN3O2S/c21-16-7-5-15(6-8-16)19(25)24(10-9-23-11-13-26-14-12-23)20-22-17-3-1-2-4-18(17)27-20/h1-8H,9-14H2/p+1. The van der Waals surface area contributed by atoms with Gasteiger partial charge in [0.25, 0.3) is 5.91 Å². The van der Waals surface area contributed by atoms with Crippen molar-refractivity contribution in [2.24, 2.45) is 0 Å². The van der Waals surface area contributed by atoms with E-state index in [2.05, 4.69) is 0 Å². The first-order valence-corrected chi connectivity index (χ1v) is 10.2. The second-order valence-electron chi connectivity index (χ2n) is 6.54. The van der Waals surface area contributed by atoms with Crippen LogP contribution in [0.3, 0.4) is 0 Å². The lowest BCUT2D eigenvalue weighted by Crippen LogP contribution is -3.14. The fraction of sp³-hybridized carbons (Fsp3) is 0.300. The molecule has 4 rings (SSSR count). The lowest BCUT2D eigenvalue weighted by Gasteiger charge is -2.27. The topological polar surface area (TPSA) is 46.9 Å². The maximum Gasteiger partial charge on any atom is 0.260 e. The van der Waals surface area contributed by atoms with E-state index in [9.17, 15) is 4.79 Å². The van der Waals surface area contributed by atoms with Gasteiger partial charge in [-0.15, -0.1) is 0 Å². The summed E-state index contributed by atoms with van der Waals surface area (Å²) in [6.07, 6.45) is 0. The number of hydrogen-bond donors (Lipinski definition) is 1. The van der Waals surface area contributed by atoms with Gasteiger partial charge in [-0.2, -0.15) is 0 Å². The van der Waals surface area contributed by atoms with Crippen molar-refractivity contribution in [2.75, 3.05) is 44.3 Å². The molecule has 0 saturated carbocycles. The molecule has 1 aromatic heterocycles. The van der Waals surface area contributed by atoms with Crippen LogP contribution in [0, 0.1) is 0 Å². The second-order valence-corrected chi connectivity index (χ2v) is 7.99. The summed E-state index contributed by atoms with van der Waals surface area (Å²) < 4.78 is 6.52. The quantitative estimate of drug-likeness (QED) is 0.713. The molecule has 0 unspecified atom stereocenters. The van der Waals surface area contributed by atoms with Crippen molar-refractivity contribution < 1.29 is 14.4 Å². The molecule has 5 nitrogen and oxygen atoms in total. The van der Waals surface area contributed by atoms with E-state index in [-0.39, 0.29) is 5.91 Å². The van der Waals surface area contributed by atoms with Crippen LogP contribution in [0.25, 0.3) is 10.2 Å². The first-order chi connectivity index (χ1) is 13.2. The molecule has 1 aliphatic heterocycles. The summed E-state index contributed by atoms with van der Waals surface area (Å²) in [5.41, 5.74) is 1.54. The van der Waals surface area contributed by atoms with E-state index >= 15 is 0 Å². The molecule has 1 saturated heterocycles. The van der Waals surface area contributed by atoms with Gasteiger partial charge in [0.15, 0.2) is 5.13 Å². The number of benzene rings is 2. The smallest absolute Gasteiger partial charge is 0.260 e. The van der Waals surface area contributed by atoms with Crippen LogP contribution in [0.5, 0.6) is 0 Å². The van der Waals surface area contributed by atoms with Crippen LogP contribution in [0.2, 0.25) is 5.02 Å². The largest absolute Gasteiger partial charge is 0.370 e. The number of hydrogen-bond acceptors (Lipinski definition) is 4. The van der Waals surface area contributed by atoms with Crippen molar-refractivity contribution in [3.05, 3.63) is 59.1 Å². The van der Waals surface area contributed by atoms with Gasteiger partial charge in [-0.25, -0.2) is 4.98 Å². The third-order valence-corrected chi connectivity index (χ3v) is 6.05. The second kappa shape index (κ2) is 8.35. The Bertz CT molecular complexity index is 889. The van der Waals surface area contributed by atoms with Crippen LogP contribution in [0.15, 0.2) is 48.5 Å². The van der Waals surface area contributed by atoms with Crippen molar-refractivity contribution >= 4 is 44.2 Å². The average Bonchev–Trinajstić information content (AvgIpc) is 3.13. The predicted molar refractivity (Wildman–Crippen MR) is 109 cm³/mol. The molecule has 140 valence electrons. The molecule has 0 spiro atoms. The van der Waals surface area contributed by atoms with Crippen LogP contribution >= 0.6 is 22.9 Å². The molecule has 1 aliphatic rings. The maximum atomic E-state index is 13.2. The molecule has 0 atom stereocenters. The summed E-state index contributed by atoms with van der Waals surface area (Å²) in [6, 6.07) is 15.0. The summed E-state index contributed by atoms with van der Waals surface area (Å²) >= 11 is 7.53. The minimum absolute atomic E-state index is 0.0432. The van der Waals surface area contributed by atoms with E-state index in [1.54, 1.807) is 40.5 Å². The van der Waals surface area contributed by atoms with Crippen LogP contribution in [-0.2, 0) is 4.74 Å². The number of carbonyl (C=O) groups is 1. The average molecular weight is 403 g/mol. The Morgan fingerprint density at radius 1 is 1.15 bits per heavy atom. The molecule has 1 N–H and O–H groups in total. The van der Waals surface area contributed by atoms with Gasteiger partial charge in [0.2, 0.25) is 0 Å². The highest BCUT2D eigenvalue weighted by Crippen LogP contribution is 2.29. The number of nitrogens with one attached hydrogen (secondary N) is 1. The number of amides is 1. The Morgan fingerprint density at radius 3 is 2.63 bits per heavy atom. The van der Waals surface area contributed by atoms with E-state index in [0.717, 1.165) is 48.2 Å². The van der Waals surface area contributed by atoms with Gasteiger partial charge in [0.1, 0.15) is 13.1 Å². The maximum absolute atomic E-state index is 13.2. The van der Waals surface area contributed by atoms with Gasteiger partial charge in [0, 0.05) is 10.6 Å².